The number of amidine groups is 1. The largest absolute Gasteiger partial charge is 0.497 e. The molecule has 0 bridgehead atoms. The number of ether oxygens (including phenoxy) is 1. The first-order chi connectivity index (χ1) is 9.63. The zero-order chi connectivity index (χ0) is 14.5. The summed E-state index contributed by atoms with van der Waals surface area (Å²) in [5, 5.41) is 12.4. The molecule has 20 heavy (non-hydrogen) atoms. The van der Waals surface area contributed by atoms with Crippen LogP contribution in [0.2, 0.25) is 0 Å². The molecule has 0 amide bonds. The lowest BCUT2D eigenvalue weighted by Crippen LogP contribution is -2.14. The Bertz CT molecular complexity index is 629. The summed E-state index contributed by atoms with van der Waals surface area (Å²) < 4.78 is 5.18. The van der Waals surface area contributed by atoms with E-state index in [2.05, 4.69) is 15.1 Å². The lowest BCUT2D eigenvalue weighted by atomic mass is 10.2. The lowest BCUT2D eigenvalue weighted by molar-refractivity contribution is 0.318. The van der Waals surface area contributed by atoms with Crippen molar-refractivity contribution in [3.63, 3.8) is 0 Å². The van der Waals surface area contributed by atoms with Gasteiger partial charge in [-0.15, -0.1) is 0 Å². The second kappa shape index (κ2) is 6.25. The Labute approximate surface area is 120 Å². The number of methoxy groups -OCH3 is 1. The molecule has 0 aliphatic carbocycles. The maximum Gasteiger partial charge on any atom is 0.192 e. The summed E-state index contributed by atoms with van der Waals surface area (Å²) in [7, 11) is 1.58. The van der Waals surface area contributed by atoms with E-state index in [-0.39, 0.29) is 5.84 Å². The van der Waals surface area contributed by atoms with E-state index in [9.17, 15) is 0 Å². The average molecular weight is 290 g/mol. The Hall–Kier alpha value is -2.28. The summed E-state index contributed by atoms with van der Waals surface area (Å²) in [5.41, 5.74) is 7.25. The summed E-state index contributed by atoms with van der Waals surface area (Å²) in [6.45, 7) is 1.92. The van der Waals surface area contributed by atoms with Crippen LogP contribution < -0.4 is 10.5 Å². The van der Waals surface area contributed by atoms with Gasteiger partial charge in [-0.05, 0) is 42.4 Å². The molecule has 0 fully saturated rings. The molecular weight excluding hydrogens is 276 g/mol. The summed E-state index contributed by atoms with van der Waals surface area (Å²) in [6.07, 6.45) is 3.47. The van der Waals surface area contributed by atoms with Crippen LogP contribution in [0.15, 0.2) is 45.8 Å². The van der Waals surface area contributed by atoms with Crippen molar-refractivity contribution < 1.29 is 9.94 Å². The van der Waals surface area contributed by atoms with Crippen molar-refractivity contribution in [2.45, 2.75) is 17.0 Å². The van der Waals surface area contributed by atoms with Crippen LogP contribution in [0, 0.1) is 6.92 Å². The van der Waals surface area contributed by atoms with Crippen molar-refractivity contribution in [1.29, 1.82) is 0 Å². The van der Waals surface area contributed by atoms with E-state index >= 15 is 0 Å². The number of hydrogen-bond donors (Lipinski definition) is 2. The molecule has 7 heteroatoms. The van der Waals surface area contributed by atoms with Gasteiger partial charge < -0.3 is 15.7 Å². The molecule has 1 aromatic carbocycles. The fourth-order valence-corrected chi connectivity index (χ4v) is 2.38. The zero-order valence-corrected chi connectivity index (χ0v) is 11.9. The van der Waals surface area contributed by atoms with Gasteiger partial charge in [0.1, 0.15) is 5.75 Å². The summed E-state index contributed by atoms with van der Waals surface area (Å²) >= 11 is 1.32. The molecule has 0 atom stereocenters. The monoisotopic (exact) mass is 290 g/mol. The molecule has 2 rings (SSSR count). The number of oxime groups is 1. The van der Waals surface area contributed by atoms with Gasteiger partial charge in [-0.1, -0.05) is 5.16 Å². The Morgan fingerprint density at radius 1 is 1.35 bits per heavy atom. The zero-order valence-electron chi connectivity index (χ0n) is 11.1. The van der Waals surface area contributed by atoms with Gasteiger partial charge in [-0.3, -0.25) is 0 Å². The normalized spacial score (nSPS) is 11.4. The third kappa shape index (κ3) is 3.18. The van der Waals surface area contributed by atoms with Gasteiger partial charge in [0, 0.05) is 22.9 Å². The Balaban J connectivity index is 2.39. The second-order valence-corrected chi connectivity index (χ2v) is 5.00. The van der Waals surface area contributed by atoms with E-state index in [0.29, 0.717) is 16.5 Å². The molecule has 0 aliphatic heterocycles. The molecule has 0 saturated heterocycles. The minimum atomic E-state index is 0.0299. The molecule has 0 radical (unpaired) electrons. The van der Waals surface area contributed by atoms with Crippen molar-refractivity contribution >= 4 is 17.6 Å². The van der Waals surface area contributed by atoms with E-state index in [1.807, 2.05) is 6.92 Å². The van der Waals surface area contributed by atoms with Crippen LogP contribution >= 0.6 is 11.8 Å². The fourth-order valence-electron chi connectivity index (χ4n) is 1.51. The average Bonchev–Trinajstić information content (AvgIpc) is 2.48. The Kier molecular flexibility index (Phi) is 4.41. The fraction of sp³-hybridized carbons (Fsp3) is 0.154. The molecule has 3 N–H and O–H groups in total. The molecular formula is C13H14N4O2S. The highest BCUT2D eigenvalue weighted by Crippen LogP contribution is 2.31. The lowest BCUT2D eigenvalue weighted by Gasteiger charge is -2.09. The van der Waals surface area contributed by atoms with Crippen LogP contribution in [-0.2, 0) is 0 Å². The maximum absolute atomic E-state index is 8.83. The number of benzene rings is 1. The van der Waals surface area contributed by atoms with Crippen molar-refractivity contribution in [2.24, 2.45) is 10.9 Å². The molecule has 104 valence electrons. The first-order valence-electron chi connectivity index (χ1n) is 5.76. The molecule has 1 aromatic heterocycles. The third-order valence-electron chi connectivity index (χ3n) is 2.53. The van der Waals surface area contributed by atoms with Gasteiger partial charge in [0.25, 0.3) is 0 Å². The molecule has 0 saturated carbocycles. The quantitative estimate of drug-likeness (QED) is 0.294. The van der Waals surface area contributed by atoms with Crippen molar-refractivity contribution in [3.8, 4) is 5.75 Å². The van der Waals surface area contributed by atoms with Gasteiger partial charge in [-0.25, -0.2) is 9.97 Å². The standard InChI is InChI=1S/C13H14N4O2S/c1-8-6-15-13(16-7-8)20-11-5-9(19-2)3-4-10(11)12(14)17-18/h3-7,18H,1-2H3,(H2,14,17). The minimum Gasteiger partial charge on any atom is -0.497 e. The van der Waals surface area contributed by atoms with E-state index in [1.165, 1.54) is 11.8 Å². The second-order valence-electron chi connectivity index (χ2n) is 3.99. The molecule has 6 nitrogen and oxygen atoms in total. The maximum atomic E-state index is 8.83. The Morgan fingerprint density at radius 2 is 2.05 bits per heavy atom. The predicted octanol–water partition coefficient (Wildman–Crippen LogP) is 2.04. The van der Waals surface area contributed by atoms with Gasteiger partial charge in [-0.2, -0.15) is 0 Å². The van der Waals surface area contributed by atoms with E-state index in [0.717, 1.165) is 10.5 Å². The van der Waals surface area contributed by atoms with Crippen LogP contribution in [0.1, 0.15) is 11.1 Å². The summed E-state index contributed by atoms with van der Waals surface area (Å²) in [4.78, 5) is 9.20. The van der Waals surface area contributed by atoms with Gasteiger partial charge >= 0.3 is 0 Å². The van der Waals surface area contributed by atoms with Crippen molar-refractivity contribution in [3.05, 3.63) is 41.7 Å². The smallest absolute Gasteiger partial charge is 0.192 e. The van der Waals surface area contributed by atoms with Gasteiger partial charge in [0.05, 0.1) is 7.11 Å². The van der Waals surface area contributed by atoms with Crippen LogP contribution in [0.5, 0.6) is 5.75 Å². The topological polar surface area (TPSA) is 93.6 Å². The molecule has 1 heterocycles. The minimum absolute atomic E-state index is 0.0299. The predicted molar refractivity (Wildman–Crippen MR) is 76.4 cm³/mol. The highest BCUT2D eigenvalue weighted by Gasteiger charge is 2.11. The third-order valence-corrected chi connectivity index (χ3v) is 3.48. The van der Waals surface area contributed by atoms with E-state index in [1.54, 1.807) is 37.7 Å². The van der Waals surface area contributed by atoms with Crippen LogP contribution in [-0.4, -0.2) is 28.1 Å². The van der Waals surface area contributed by atoms with Gasteiger partial charge in [0.15, 0.2) is 11.0 Å². The number of hydrogen-bond acceptors (Lipinski definition) is 6. The van der Waals surface area contributed by atoms with Crippen molar-refractivity contribution in [1.82, 2.24) is 9.97 Å². The Morgan fingerprint density at radius 3 is 2.65 bits per heavy atom. The highest BCUT2D eigenvalue weighted by molar-refractivity contribution is 7.99. The number of nitrogens with zero attached hydrogens (tertiary/aromatic N) is 3. The first-order valence-corrected chi connectivity index (χ1v) is 6.58. The SMILES string of the molecule is COc1ccc(/C(N)=N/O)c(Sc2ncc(C)cn2)c1. The van der Waals surface area contributed by atoms with E-state index in [4.69, 9.17) is 15.7 Å². The molecule has 0 aliphatic rings. The number of aryl methyl sites for hydroxylation is 1. The first kappa shape index (κ1) is 14.1. The molecule has 2 aromatic rings. The summed E-state index contributed by atoms with van der Waals surface area (Å²) in [6, 6.07) is 5.26. The molecule has 0 unspecified atom stereocenters. The molecule has 0 spiro atoms. The highest BCUT2D eigenvalue weighted by atomic mass is 32.2. The van der Waals surface area contributed by atoms with Crippen LogP contribution in [0.4, 0.5) is 0 Å². The van der Waals surface area contributed by atoms with Gasteiger partial charge in [0.2, 0.25) is 0 Å². The number of nitrogens with two attached hydrogens (primary N) is 1. The number of aromatic nitrogens is 2. The van der Waals surface area contributed by atoms with Crippen molar-refractivity contribution in [2.75, 3.05) is 7.11 Å². The van der Waals surface area contributed by atoms with Crippen LogP contribution in [0.3, 0.4) is 0 Å². The summed E-state index contributed by atoms with van der Waals surface area (Å²) in [5.74, 6) is 0.705. The number of rotatable bonds is 4. The van der Waals surface area contributed by atoms with E-state index < -0.39 is 0 Å². The van der Waals surface area contributed by atoms with Crippen LogP contribution in [0.25, 0.3) is 0 Å².